The van der Waals surface area contributed by atoms with Crippen LogP contribution in [0.25, 0.3) is 0 Å². The van der Waals surface area contributed by atoms with Crippen LogP contribution in [0.15, 0.2) is 35.9 Å². The van der Waals surface area contributed by atoms with Crippen molar-refractivity contribution >= 4 is 5.97 Å². The first-order chi connectivity index (χ1) is 9.86. The molecule has 0 saturated heterocycles. The molecule has 1 aliphatic rings. The first-order valence-corrected chi connectivity index (χ1v) is 7.31. The number of rotatable bonds is 5. The minimum atomic E-state index is -0.0988. The molecule has 0 heterocycles. The molecule has 0 amide bonds. The van der Waals surface area contributed by atoms with Crippen LogP contribution >= 0.6 is 0 Å². The smallest absolute Gasteiger partial charge is 0.310 e. The molecule has 114 valence electrons. The molecule has 3 nitrogen and oxygen atoms in total. The lowest BCUT2D eigenvalue weighted by Crippen LogP contribution is -2.10. The Hall–Kier alpha value is -1.77. The van der Waals surface area contributed by atoms with Gasteiger partial charge in [-0.1, -0.05) is 37.6 Å². The zero-order valence-electron chi connectivity index (χ0n) is 13.5. The van der Waals surface area contributed by atoms with Crippen LogP contribution in [0.5, 0.6) is 5.75 Å². The van der Waals surface area contributed by atoms with Crippen LogP contribution in [-0.2, 0) is 16.1 Å². The van der Waals surface area contributed by atoms with E-state index in [0.29, 0.717) is 12.5 Å². The Morgan fingerprint density at radius 1 is 1.24 bits per heavy atom. The molecular weight excluding hydrogens is 264 g/mol. The molecule has 1 saturated carbocycles. The van der Waals surface area contributed by atoms with Crippen molar-refractivity contribution in [2.45, 2.75) is 34.3 Å². The van der Waals surface area contributed by atoms with E-state index in [1.165, 1.54) is 5.57 Å². The maximum absolute atomic E-state index is 12.2. The second kappa shape index (κ2) is 5.92. The van der Waals surface area contributed by atoms with E-state index in [2.05, 4.69) is 33.8 Å². The van der Waals surface area contributed by atoms with Crippen LogP contribution in [0.1, 0.15) is 33.3 Å². The third-order valence-corrected chi connectivity index (χ3v) is 4.22. The summed E-state index contributed by atoms with van der Waals surface area (Å²) in [5.41, 5.74) is 2.23. The number of carbonyl (C=O) groups is 1. The molecule has 0 aromatic heterocycles. The number of esters is 1. The van der Waals surface area contributed by atoms with Crippen molar-refractivity contribution in [3.8, 4) is 5.75 Å². The van der Waals surface area contributed by atoms with E-state index in [1.54, 1.807) is 7.11 Å². The van der Waals surface area contributed by atoms with Crippen molar-refractivity contribution in [1.29, 1.82) is 0 Å². The summed E-state index contributed by atoms with van der Waals surface area (Å²) >= 11 is 0. The summed E-state index contributed by atoms with van der Waals surface area (Å²) in [7, 11) is 1.63. The SMILES string of the molecule is COc1ccc(COC(=O)[C@H]2[C@@H](C=C(C)C)C2(C)C)cc1. The Kier molecular flexibility index (Phi) is 4.40. The highest BCUT2D eigenvalue weighted by Crippen LogP contribution is 2.59. The van der Waals surface area contributed by atoms with Gasteiger partial charge in [-0.2, -0.15) is 0 Å². The molecule has 0 aliphatic heterocycles. The van der Waals surface area contributed by atoms with Gasteiger partial charge in [-0.3, -0.25) is 4.79 Å². The molecule has 1 aliphatic carbocycles. The lowest BCUT2D eigenvalue weighted by atomic mass is 10.1. The van der Waals surface area contributed by atoms with Gasteiger partial charge in [0.25, 0.3) is 0 Å². The fourth-order valence-corrected chi connectivity index (χ4v) is 2.76. The zero-order valence-corrected chi connectivity index (χ0v) is 13.5. The highest BCUT2D eigenvalue weighted by molar-refractivity contribution is 5.78. The molecule has 0 unspecified atom stereocenters. The van der Waals surface area contributed by atoms with Crippen LogP contribution in [0.2, 0.25) is 0 Å². The van der Waals surface area contributed by atoms with Crippen LogP contribution in [0.4, 0.5) is 0 Å². The lowest BCUT2D eigenvalue weighted by molar-refractivity contribution is -0.147. The number of methoxy groups -OCH3 is 1. The van der Waals surface area contributed by atoms with E-state index in [9.17, 15) is 4.79 Å². The van der Waals surface area contributed by atoms with Gasteiger partial charge in [-0.05, 0) is 42.9 Å². The van der Waals surface area contributed by atoms with E-state index < -0.39 is 0 Å². The average molecular weight is 288 g/mol. The van der Waals surface area contributed by atoms with E-state index in [-0.39, 0.29) is 17.3 Å². The van der Waals surface area contributed by atoms with Crippen LogP contribution < -0.4 is 4.74 Å². The predicted octanol–water partition coefficient (Wildman–Crippen LogP) is 3.98. The summed E-state index contributed by atoms with van der Waals surface area (Å²) in [5, 5.41) is 0. The van der Waals surface area contributed by atoms with Gasteiger partial charge in [-0.15, -0.1) is 0 Å². The monoisotopic (exact) mass is 288 g/mol. The highest BCUT2D eigenvalue weighted by Gasteiger charge is 2.61. The normalized spacial score (nSPS) is 22.3. The highest BCUT2D eigenvalue weighted by atomic mass is 16.5. The summed E-state index contributed by atoms with van der Waals surface area (Å²) in [6, 6.07) is 7.57. The Morgan fingerprint density at radius 2 is 1.86 bits per heavy atom. The van der Waals surface area contributed by atoms with Gasteiger partial charge in [0.1, 0.15) is 12.4 Å². The third kappa shape index (κ3) is 3.46. The predicted molar refractivity (Wildman–Crippen MR) is 83.0 cm³/mol. The summed E-state index contributed by atoms with van der Waals surface area (Å²) in [6.45, 7) is 8.69. The Bertz CT molecular complexity index is 536. The summed E-state index contributed by atoms with van der Waals surface area (Å²) < 4.78 is 10.6. The Morgan fingerprint density at radius 3 is 2.38 bits per heavy atom. The van der Waals surface area contributed by atoms with Gasteiger partial charge < -0.3 is 9.47 Å². The number of hydrogen-bond acceptors (Lipinski definition) is 3. The summed E-state index contributed by atoms with van der Waals surface area (Å²) in [6.07, 6.45) is 2.18. The van der Waals surface area contributed by atoms with E-state index in [1.807, 2.05) is 24.3 Å². The quantitative estimate of drug-likeness (QED) is 0.607. The maximum Gasteiger partial charge on any atom is 0.310 e. The standard InChI is InChI=1S/C18H24O3/c1-12(2)10-15-16(18(15,3)4)17(19)21-11-13-6-8-14(20-5)9-7-13/h6-10,15-16H,11H2,1-5H3/t15-,16-/m1/s1. The van der Waals surface area contributed by atoms with Crippen molar-refractivity contribution < 1.29 is 14.3 Å². The molecule has 0 bridgehead atoms. The van der Waals surface area contributed by atoms with Crippen molar-refractivity contribution in [2.24, 2.45) is 17.3 Å². The van der Waals surface area contributed by atoms with Crippen LogP contribution in [-0.4, -0.2) is 13.1 Å². The van der Waals surface area contributed by atoms with Gasteiger partial charge in [0, 0.05) is 0 Å². The fourth-order valence-electron chi connectivity index (χ4n) is 2.76. The molecule has 1 fully saturated rings. The Balaban J connectivity index is 1.92. The molecule has 1 aromatic rings. The van der Waals surface area contributed by atoms with Crippen molar-refractivity contribution in [3.05, 3.63) is 41.5 Å². The molecule has 21 heavy (non-hydrogen) atoms. The number of carbonyl (C=O) groups excluding carboxylic acids is 1. The zero-order chi connectivity index (χ0) is 15.6. The Labute approximate surface area is 127 Å². The number of ether oxygens (including phenoxy) is 2. The van der Waals surface area contributed by atoms with Crippen molar-refractivity contribution in [3.63, 3.8) is 0 Å². The maximum atomic E-state index is 12.2. The third-order valence-electron chi connectivity index (χ3n) is 4.22. The van der Waals surface area contributed by atoms with Gasteiger partial charge in [0.05, 0.1) is 13.0 Å². The van der Waals surface area contributed by atoms with Gasteiger partial charge in [-0.25, -0.2) is 0 Å². The summed E-state index contributed by atoms with van der Waals surface area (Å²) in [4.78, 5) is 12.2. The van der Waals surface area contributed by atoms with Gasteiger partial charge in [0.2, 0.25) is 0 Å². The van der Waals surface area contributed by atoms with Crippen molar-refractivity contribution in [2.75, 3.05) is 7.11 Å². The number of allylic oxidation sites excluding steroid dienone is 2. The van der Waals surface area contributed by atoms with E-state index in [0.717, 1.165) is 11.3 Å². The van der Waals surface area contributed by atoms with Gasteiger partial charge >= 0.3 is 5.97 Å². The molecule has 0 radical (unpaired) electrons. The molecule has 3 heteroatoms. The molecule has 2 atom stereocenters. The second-order valence-corrected chi connectivity index (χ2v) is 6.52. The molecular formula is C18H24O3. The number of benzene rings is 1. The lowest BCUT2D eigenvalue weighted by Gasteiger charge is -2.06. The summed E-state index contributed by atoms with van der Waals surface area (Å²) in [5.74, 6) is 0.979. The number of hydrogen-bond donors (Lipinski definition) is 0. The largest absolute Gasteiger partial charge is 0.497 e. The average Bonchev–Trinajstić information content (AvgIpc) is 2.97. The molecule has 1 aromatic carbocycles. The first-order valence-electron chi connectivity index (χ1n) is 7.31. The van der Waals surface area contributed by atoms with E-state index in [4.69, 9.17) is 9.47 Å². The second-order valence-electron chi connectivity index (χ2n) is 6.52. The minimum Gasteiger partial charge on any atom is -0.497 e. The molecule has 2 rings (SSSR count). The minimum absolute atomic E-state index is 0.00820. The first kappa shape index (κ1) is 15.6. The topological polar surface area (TPSA) is 35.5 Å². The van der Waals surface area contributed by atoms with Crippen LogP contribution in [0.3, 0.4) is 0 Å². The molecule has 0 spiro atoms. The van der Waals surface area contributed by atoms with Crippen molar-refractivity contribution in [1.82, 2.24) is 0 Å². The fraction of sp³-hybridized carbons (Fsp3) is 0.500. The van der Waals surface area contributed by atoms with E-state index >= 15 is 0 Å². The van der Waals surface area contributed by atoms with Gasteiger partial charge in [0.15, 0.2) is 0 Å². The van der Waals surface area contributed by atoms with Crippen LogP contribution in [0, 0.1) is 17.3 Å². The molecule has 0 N–H and O–H groups in total.